The van der Waals surface area contributed by atoms with Crippen molar-refractivity contribution in [1.29, 1.82) is 0 Å². The van der Waals surface area contributed by atoms with Gasteiger partial charge in [0.2, 0.25) is 5.91 Å². The predicted molar refractivity (Wildman–Crippen MR) is 144 cm³/mol. The van der Waals surface area contributed by atoms with Gasteiger partial charge in [-0.25, -0.2) is 0 Å². The maximum Gasteiger partial charge on any atom is 0.307 e. The van der Waals surface area contributed by atoms with Gasteiger partial charge in [0.05, 0.1) is 11.8 Å². The molecular weight excluding hydrogens is 452 g/mol. The van der Waals surface area contributed by atoms with Crippen LogP contribution in [-0.4, -0.2) is 17.0 Å². The molecule has 1 amide bonds. The number of ether oxygens (including phenoxy) is 1. The number of carboxylic acids is 1. The zero-order valence-electron chi connectivity index (χ0n) is 21.8. The molecular formula is C30H38N2O4. The molecule has 1 aliphatic rings. The smallest absolute Gasteiger partial charge is 0.307 e. The Morgan fingerprint density at radius 1 is 1.08 bits per heavy atom. The van der Waals surface area contributed by atoms with E-state index in [-0.39, 0.29) is 12.0 Å². The molecule has 1 fully saturated rings. The average molecular weight is 491 g/mol. The number of amides is 1. The maximum absolute atomic E-state index is 12.8. The lowest BCUT2D eigenvalue weighted by Gasteiger charge is -2.27. The Labute approximate surface area is 214 Å². The molecule has 1 saturated carbocycles. The molecule has 0 bridgehead atoms. The van der Waals surface area contributed by atoms with Gasteiger partial charge in [-0.1, -0.05) is 56.2 Å². The van der Waals surface area contributed by atoms with E-state index in [9.17, 15) is 14.7 Å². The lowest BCUT2D eigenvalue weighted by Crippen LogP contribution is -2.36. The molecule has 36 heavy (non-hydrogen) atoms. The molecule has 0 radical (unpaired) electrons. The van der Waals surface area contributed by atoms with Crippen LogP contribution in [0.1, 0.15) is 75.7 Å². The highest BCUT2D eigenvalue weighted by atomic mass is 16.5. The van der Waals surface area contributed by atoms with Crippen LogP contribution in [0.3, 0.4) is 0 Å². The molecule has 2 aromatic carbocycles. The molecule has 0 spiro atoms. The number of carboxylic acid groups (broad SMARTS) is 1. The number of nitrogens with one attached hydrogen (secondary N) is 2. The Kier molecular flexibility index (Phi) is 9.34. The molecule has 2 unspecified atom stereocenters. The third-order valence-electron chi connectivity index (χ3n) is 7.05. The van der Waals surface area contributed by atoms with E-state index in [0.29, 0.717) is 24.4 Å². The van der Waals surface area contributed by atoms with Crippen molar-refractivity contribution < 1.29 is 19.4 Å². The van der Waals surface area contributed by atoms with E-state index in [2.05, 4.69) is 43.2 Å². The number of aliphatic carboxylic acids is 1. The lowest BCUT2D eigenvalue weighted by molar-refractivity contribution is -0.147. The second-order valence-corrected chi connectivity index (χ2v) is 9.52. The highest BCUT2D eigenvalue weighted by Gasteiger charge is 2.35. The van der Waals surface area contributed by atoms with Crippen molar-refractivity contribution in [1.82, 2.24) is 5.32 Å². The number of allylic oxidation sites excluding steroid dienone is 2. The van der Waals surface area contributed by atoms with Gasteiger partial charge in [-0.15, -0.1) is 0 Å². The van der Waals surface area contributed by atoms with Gasteiger partial charge in [-0.2, -0.15) is 0 Å². The Balaban J connectivity index is 1.65. The van der Waals surface area contributed by atoms with E-state index in [4.69, 9.17) is 4.74 Å². The fourth-order valence-electron chi connectivity index (χ4n) is 4.92. The van der Waals surface area contributed by atoms with E-state index in [1.165, 1.54) is 5.56 Å². The number of carbonyl (C=O) groups excluding carboxylic acids is 1. The third-order valence-corrected chi connectivity index (χ3v) is 7.05. The van der Waals surface area contributed by atoms with E-state index in [1.807, 2.05) is 50.2 Å². The van der Waals surface area contributed by atoms with E-state index < -0.39 is 17.8 Å². The summed E-state index contributed by atoms with van der Waals surface area (Å²) < 4.78 is 6.05. The van der Waals surface area contributed by atoms with Gasteiger partial charge >= 0.3 is 5.97 Å². The quantitative estimate of drug-likeness (QED) is 0.319. The molecule has 0 heterocycles. The minimum Gasteiger partial charge on any atom is -0.481 e. The summed E-state index contributed by atoms with van der Waals surface area (Å²) in [4.78, 5) is 24.3. The first-order chi connectivity index (χ1) is 17.2. The van der Waals surface area contributed by atoms with Gasteiger partial charge < -0.3 is 20.5 Å². The van der Waals surface area contributed by atoms with E-state index in [1.54, 1.807) is 0 Å². The number of aryl methyl sites for hydroxylation is 1. The summed E-state index contributed by atoms with van der Waals surface area (Å²) >= 11 is 0. The summed E-state index contributed by atoms with van der Waals surface area (Å²) in [7, 11) is 0. The van der Waals surface area contributed by atoms with Crippen LogP contribution in [0.2, 0.25) is 0 Å². The Morgan fingerprint density at radius 2 is 1.72 bits per heavy atom. The van der Waals surface area contributed by atoms with Crippen LogP contribution < -0.4 is 10.6 Å². The second kappa shape index (κ2) is 12.4. The number of benzene rings is 2. The molecule has 6 nitrogen and oxygen atoms in total. The van der Waals surface area contributed by atoms with E-state index in [0.717, 1.165) is 41.7 Å². The average Bonchev–Trinajstić information content (AvgIpc) is 2.87. The predicted octanol–water partition coefficient (Wildman–Crippen LogP) is 6.80. The minimum absolute atomic E-state index is 0.127. The van der Waals surface area contributed by atoms with Gasteiger partial charge in [-0.3, -0.25) is 9.59 Å². The number of hydrogen-bond acceptors (Lipinski definition) is 4. The maximum atomic E-state index is 12.8. The van der Waals surface area contributed by atoms with Crippen LogP contribution in [0.25, 0.3) is 5.57 Å². The molecule has 3 N–H and O–H groups in total. The lowest BCUT2D eigenvalue weighted by atomic mass is 9.78. The highest BCUT2D eigenvalue weighted by molar-refractivity contribution is 5.95. The molecule has 6 heteroatoms. The third kappa shape index (κ3) is 6.78. The Bertz CT molecular complexity index is 1120. The van der Waals surface area contributed by atoms with Crippen LogP contribution in [0.4, 0.5) is 5.69 Å². The molecule has 1 aliphatic carbocycles. The summed E-state index contributed by atoms with van der Waals surface area (Å²) in [5.74, 6) is -1.70. The fourth-order valence-corrected chi connectivity index (χ4v) is 4.92. The Morgan fingerprint density at radius 3 is 2.33 bits per heavy atom. The van der Waals surface area contributed by atoms with Gasteiger partial charge in [0.1, 0.15) is 6.10 Å². The minimum atomic E-state index is -0.885. The van der Waals surface area contributed by atoms with Crippen molar-refractivity contribution in [3.8, 4) is 0 Å². The topological polar surface area (TPSA) is 87.7 Å². The van der Waals surface area contributed by atoms with Crippen LogP contribution in [0, 0.1) is 18.8 Å². The SMILES string of the molecule is C=C(N/C(CC)=C(/C)c1ccc(NC(=O)C2CCCCC2C(=O)O)cc1)O[C@H](C)c1ccccc1C. The van der Waals surface area contributed by atoms with Crippen molar-refractivity contribution in [2.24, 2.45) is 11.8 Å². The summed E-state index contributed by atoms with van der Waals surface area (Å²) in [5, 5.41) is 15.7. The van der Waals surface area contributed by atoms with Crippen molar-refractivity contribution in [2.75, 3.05) is 5.32 Å². The highest BCUT2D eigenvalue weighted by Crippen LogP contribution is 2.31. The van der Waals surface area contributed by atoms with Crippen LogP contribution in [0.15, 0.2) is 66.7 Å². The normalized spacial score (nSPS) is 19.0. The van der Waals surface area contributed by atoms with Crippen molar-refractivity contribution in [3.05, 3.63) is 83.4 Å². The Hall–Kier alpha value is -3.54. The first kappa shape index (κ1) is 27.1. The van der Waals surface area contributed by atoms with Gasteiger partial charge in [0, 0.05) is 11.4 Å². The second-order valence-electron chi connectivity index (χ2n) is 9.52. The fraction of sp³-hybridized carbons (Fsp3) is 0.400. The molecule has 3 atom stereocenters. The summed E-state index contributed by atoms with van der Waals surface area (Å²) in [6.45, 7) is 12.3. The summed E-state index contributed by atoms with van der Waals surface area (Å²) in [6.07, 6.45) is 3.55. The molecule has 0 aromatic heterocycles. The molecule has 192 valence electrons. The van der Waals surface area contributed by atoms with Gasteiger partial charge in [-0.05, 0) is 81.0 Å². The zero-order chi connectivity index (χ0) is 26.2. The first-order valence-corrected chi connectivity index (χ1v) is 12.7. The molecule has 0 aliphatic heterocycles. The van der Waals surface area contributed by atoms with Crippen molar-refractivity contribution in [3.63, 3.8) is 0 Å². The number of anilines is 1. The van der Waals surface area contributed by atoms with Gasteiger partial charge in [0.15, 0.2) is 5.88 Å². The monoisotopic (exact) mass is 490 g/mol. The number of carbonyl (C=O) groups is 2. The van der Waals surface area contributed by atoms with Crippen molar-refractivity contribution in [2.45, 2.75) is 65.9 Å². The number of rotatable bonds is 10. The molecule has 0 saturated heterocycles. The molecule has 3 rings (SSSR count). The molecule has 2 aromatic rings. The van der Waals surface area contributed by atoms with Crippen LogP contribution >= 0.6 is 0 Å². The first-order valence-electron chi connectivity index (χ1n) is 12.7. The van der Waals surface area contributed by atoms with Crippen LogP contribution in [0.5, 0.6) is 0 Å². The van der Waals surface area contributed by atoms with Crippen LogP contribution in [-0.2, 0) is 14.3 Å². The zero-order valence-corrected chi connectivity index (χ0v) is 21.8. The summed E-state index contributed by atoms with van der Waals surface area (Å²) in [6, 6.07) is 15.8. The standard InChI is InChI=1S/C30H38N2O4/c1-6-28(31-22(5)36-21(4)25-12-8-7-11-19(25)2)20(3)23-15-17-24(18-16-23)32-29(33)26-13-9-10-14-27(26)30(34)35/h7-8,11-12,15-18,21,26-27,31H,5-6,9-10,13-14H2,1-4H3,(H,32,33)(H,34,35)/b28-20-/t21-,26?,27?/m1/s1. The van der Waals surface area contributed by atoms with Crippen molar-refractivity contribution >= 4 is 23.1 Å². The summed E-state index contributed by atoms with van der Waals surface area (Å²) in [5.41, 5.74) is 6.03. The van der Waals surface area contributed by atoms with Gasteiger partial charge in [0.25, 0.3) is 0 Å². The number of hydrogen-bond donors (Lipinski definition) is 3. The largest absolute Gasteiger partial charge is 0.481 e. The van der Waals surface area contributed by atoms with E-state index >= 15 is 0 Å².